The monoisotopic (exact) mass is 244 g/mol. The largest absolute Gasteiger partial charge is 0.467 e. The summed E-state index contributed by atoms with van der Waals surface area (Å²) in [5.41, 5.74) is 3.20. The van der Waals surface area contributed by atoms with E-state index in [4.69, 9.17) is 10.00 Å². The van der Waals surface area contributed by atoms with E-state index in [0.29, 0.717) is 25.7 Å². The quantitative estimate of drug-likeness (QED) is 0.584. The molecule has 1 aromatic rings. The minimum atomic E-state index is 0.323. The first-order chi connectivity index (χ1) is 8.77. The summed E-state index contributed by atoms with van der Waals surface area (Å²) >= 11 is 0. The molecule has 2 rings (SSSR count). The van der Waals surface area contributed by atoms with Crippen LogP contribution >= 0.6 is 0 Å². The van der Waals surface area contributed by atoms with E-state index in [1.54, 1.807) is 0 Å². The molecule has 0 aliphatic heterocycles. The lowest BCUT2D eigenvalue weighted by Crippen LogP contribution is -2.26. The maximum Gasteiger partial charge on any atom is 0.293 e. The Morgan fingerprint density at radius 3 is 3.17 bits per heavy atom. The van der Waals surface area contributed by atoms with Gasteiger partial charge in [-0.3, -0.25) is 9.69 Å². The second-order valence-corrected chi connectivity index (χ2v) is 4.49. The lowest BCUT2D eigenvalue weighted by molar-refractivity contribution is -0.129. The molecule has 0 N–H and O–H groups in total. The maximum atomic E-state index is 10.1. The third kappa shape index (κ3) is 2.36. The number of benzene rings is 1. The van der Waals surface area contributed by atoms with Gasteiger partial charge in [-0.05, 0) is 37.1 Å². The zero-order valence-corrected chi connectivity index (χ0v) is 10.4. The Balaban J connectivity index is 2.12. The number of carbonyl (C=O) groups is 1. The van der Waals surface area contributed by atoms with Gasteiger partial charge >= 0.3 is 0 Å². The summed E-state index contributed by atoms with van der Waals surface area (Å²) in [6.45, 7) is 1.59. The average Bonchev–Trinajstić information content (AvgIpc) is 2.82. The fraction of sp³-hybridized carbons (Fsp3) is 0.429. The molecule has 0 saturated heterocycles. The summed E-state index contributed by atoms with van der Waals surface area (Å²) in [7, 11) is 2.02. The van der Waals surface area contributed by atoms with Gasteiger partial charge in [-0.1, -0.05) is 12.1 Å². The Bertz CT molecular complexity index is 479. The molecule has 18 heavy (non-hydrogen) atoms. The van der Waals surface area contributed by atoms with Gasteiger partial charge < -0.3 is 4.74 Å². The summed E-state index contributed by atoms with van der Waals surface area (Å²) in [6, 6.07) is 8.47. The van der Waals surface area contributed by atoms with Crippen LogP contribution in [-0.2, 0) is 16.0 Å². The van der Waals surface area contributed by atoms with Crippen molar-refractivity contribution in [3.63, 3.8) is 0 Å². The van der Waals surface area contributed by atoms with Gasteiger partial charge in [-0.15, -0.1) is 0 Å². The van der Waals surface area contributed by atoms with Crippen LogP contribution < -0.4 is 0 Å². The van der Waals surface area contributed by atoms with E-state index in [0.717, 1.165) is 18.4 Å². The highest BCUT2D eigenvalue weighted by Crippen LogP contribution is 2.36. The third-order valence-electron chi connectivity index (χ3n) is 3.52. The Labute approximate surface area is 107 Å². The normalized spacial score (nSPS) is 17.3. The maximum absolute atomic E-state index is 10.1. The van der Waals surface area contributed by atoms with Crippen molar-refractivity contribution in [1.82, 2.24) is 4.90 Å². The standard InChI is InChI=1S/C14H16N2O2/c1-16(7-8-18-10-17)14-6-5-12-11(9-15)3-2-4-13(12)14/h2-4,10,14H,5-8H2,1H3. The zero-order valence-electron chi connectivity index (χ0n) is 10.4. The van der Waals surface area contributed by atoms with Crippen molar-refractivity contribution >= 4 is 6.47 Å². The first-order valence-corrected chi connectivity index (χ1v) is 6.05. The average molecular weight is 244 g/mol. The second kappa shape index (κ2) is 5.65. The minimum Gasteiger partial charge on any atom is -0.467 e. The summed E-state index contributed by atoms with van der Waals surface area (Å²) < 4.78 is 4.72. The molecule has 0 spiro atoms. The molecule has 0 aromatic heterocycles. The predicted molar refractivity (Wildman–Crippen MR) is 66.9 cm³/mol. The number of ether oxygens (including phenoxy) is 1. The molecule has 1 unspecified atom stereocenters. The SMILES string of the molecule is CN(CCOC=O)C1CCc2c(C#N)cccc21. The molecule has 0 heterocycles. The first-order valence-electron chi connectivity index (χ1n) is 6.05. The van der Waals surface area contributed by atoms with Crippen molar-refractivity contribution in [1.29, 1.82) is 5.26 Å². The molecule has 0 radical (unpaired) electrons. The summed E-state index contributed by atoms with van der Waals surface area (Å²) in [6.07, 6.45) is 1.97. The number of nitrogens with zero attached hydrogens (tertiary/aromatic N) is 2. The molecule has 0 amide bonds. The Hall–Kier alpha value is -1.86. The van der Waals surface area contributed by atoms with Crippen LogP contribution in [0.15, 0.2) is 18.2 Å². The number of hydrogen-bond donors (Lipinski definition) is 0. The molecule has 4 heteroatoms. The molecule has 1 aliphatic carbocycles. The highest BCUT2D eigenvalue weighted by molar-refractivity contribution is 5.46. The van der Waals surface area contributed by atoms with Crippen molar-refractivity contribution in [2.75, 3.05) is 20.2 Å². The molecule has 1 aromatic carbocycles. The van der Waals surface area contributed by atoms with E-state index in [2.05, 4.69) is 17.0 Å². The number of nitriles is 1. The van der Waals surface area contributed by atoms with E-state index >= 15 is 0 Å². The molecule has 0 fully saturated rings. The number of carbonyl (C=O) groups excluding carboxylic acids is 1. The minimum absolute atomic E-state index is 0.323. The Kier molecular flexibility index (Phi) is 3.96. The summed E-state index contributed by atoms with van der Waals surface area (Å²) in [5.74, 6) is 0. The highest BCUT2D eigenvalue weighted by atomic mass is 16.5. The number of likely N-dealkylation sites (N-methyl/N-ethyl adjacent to an activating group) is 1. The van der Waals surface area contributed by atoms with Crippen molar-refractivity contribution in [2.45, 2.75) is 18.9 Å². The molecule has 0 bridgehead atoms. The number of hydrogen-bond acceptors (Lipinski definition) is 4. The van der Waals surface area contributed by atoms with Crippen molar-refractivity contribution in [2.24, 2.45) is 0 Å². The molecule has 4 nitrogen and oxygen atoms in total. The van der Waals surface area contributed by atoms with Gasteiger partial charge in [-0.2, -0.15) is 5.26 Å². The molecular weight excluding hydrogens is 228 g/mol. The van der Waals surface area contributed by atoms with Gasteiger partial charge in [-0.25, -0.2) is 0 Å². The van der Waals surface area contributed by atoms with Gasteiger partial charge in [0.15, 0.2) is 0 Å². The van der Waals surface area contributed by atoms with Crippen LogP contribution in [-0.4, -0.2) is 31.6 Å². The van der Waals surface area contributed by atoms with E-state index in [-0.39, 0.29) is 0 Å². The van der Waals surface area contributed by atoms with Crippen LogP contribution in [0, 0.1) is 11.3 Å². The molecule has 94 valence electrons. The lowest BCUT2D eigenvalue weighted by Gasteiger charge is -2.24. The summed E-state index contributed by atoms with van der Waals surface area (Å²) in [5, 5.41) is 9.08. The zero-order chi connectivity index (χ0) is 13.0. The van der Waals surface area contributed by atoms with Crippen LogP contribution in [0.4, 0.5) is 0 Å². The van der Waals surface area contributed by atoms with Gasteiger partial charge in [0.25, 0.3) is 6.47 Å². The van der Waals surface area contributed by atoms with Crippen molar-refractivity contribution in [3.05, 3.63) is 34.9 Å². The number of fused-ring (bicyclic) bond motifs is 1. The molecule has 0 saturated carbocycles. The van der Waals surface area contributed by atoms with E-state index in [1.165, 1.54) is 11.1 Å². The Morgan fingerprint density at radius 2 is 2.44 bits per heavy atom. The van der Waals surface area contributed by atoms with E-state index < -0.39 is 0 Å². The third-order valence-corrected chi connectivity index (χ3v) is 3.52. The smallest absolute Gasteiger partial charge is 0.293 e. The van der Waals surface area contributed by atoms with Gasteiger partial charge in [0.05, 0.1) is 11.6 Å². The second-order valence-electron chi connectivity index (χ2n) is 4.49. The molecule has 1 aliphatic rings. The lowest BCUT2D eigenvalue weighted by atomic mass is 10.0. The van der Waals surface area contributed by atoms with Gasteiger partial charge in [0, 0.05) is 12.6 Å². The first kappa shape index (κ1) is 12.6. The fourth-order valence-electron chi connectivity index (χ4n) is 2.60. The van der Waals surface area contributed by atoms with Crippen LogP contribution in [0.1, 0.15) is 29.2 Å². The van der Waals surface area contributed by atoms with E-state index in [9.17, 15) is 4.79 Å². The molecular formula is C14H16N2O2. The van der Waals surface area contributed by atoms with E-state index in [1.807, 2.05) is 19.2 Å². The van der Waals surface area contributed by atoms with Gasteiger partial charge in [0.2, 0.25) is 0 Å². The van der Waals surface area contributed by atoms with Crippen LogP contribution in [0.3, 0.4) is 0 Å². The number of rotatable bonds is 5. The van der Waals surface area contributed by atoms with Crippen molar-refractivity contribution in [3.8, 4) is 6.07 Å². The Morgan fingerprint density at radius 1 is 1.61 bits per heavy atom. The summed E-state index contributed by atoms with van der Waals surface area (Å²) in [4.78, 5) is 12.3. The fourth-order valence-corrected chi connectivity index (χ4v) is 2.60. The highest BCUT2D eigenvalue weighted by Gasteiger charge is 2.27. The van der Waals surface area contributed by atoms with Crippen LogP contribution in [0.5, 0.6) is 0 Å². The van der Waals surface area contributed by atoms with Crippen molar-refractivity contribution < 1.29 is 9.53 Å². The van der Waals surface area contributed by atoms with Crippen LogP contribution in [0.2, 0.25) is 0 Å². The van der Waals surface area contributed by atoms with Crippen LogP contribution in [0.25, 0.3) is 0 Å². The van der Waals surface area contributed by atoms with Gasteiger partial charge in [0.1, 0.15) is 6.61 Å². The predicted octanol–water partition coefficient (Wildman–Crippen LogP) is 1.65. The topological polar surface area (TPSA) is 53.3 Å². The molecule has 1 atom stereocenters.